The van der Waals surface area contributed by atoms with E-state index in [1.807, 2.05) is 0 Å². The van der Waals surface area contributed by atoms with Gasteiger partial charge < -0.3 is 4.74 Å². The average Bonchev–Trinajstić information content (AvgIpc) is 2.26. The molecule has 0 amide bonds. The molecule has 0 aromatic heterocycles. The monoisotopic (exact) mass is 246 g/mol. The van der Waals surface area contributed by atoms with E-state index >= 15 is 0 Å². The molecule has 0 aliphatic rings. The summed E-state index contributed by atoms with van der Waals surface area (Å²) in [6, 6.07) is 0. The molecule has 0 bridgehead atoms. The van der Waals surface area contributed by atoms with Gasteiger partial charge >= 0.3 is 0 Å². The number of rotatable bonds is 8. The Morgan fingerprint density at radius 2 is 1.40 bits per heavy atom. The van der Waals surface area contributed by atoms with Crippen LogP contribution in [0.5, 0.6) is 0 Å². The van der Waals surface area contributed by atoms with Crippen molar-refractivity contribution in [2.45, 2.75) is 10.5 Å². The molecule has 0 aliphatic heterocycles. The lowest BCUT2D eigenvalue weighted by Crippen LogP contribution is -2.24. The van der Waals surface area contributed by atoms with Gasteiger partial charge in [-0.25, -0.2) is 0 Å². The van der Waals surface area contributed by atoms with E-state index in [1.165, 1.54) is 12.2 Å². The maximum atomic E-state index is 11.0. The fourth-order valence-corrected chi connectivity index (χ4v) is 1.15. The first-order valence-corrected chi connectivity index (χ1v) is 5.32. The second-order valence-corrected chi connectivity index (χ2v) is 4.03. The number of thiol groups is 2. The van der Waals surface area contributed by atoms with Crippen LogP contribution in [-0.2, 0) is 14.3 Å². The van der Waals surface area contributed by atoms with E-state index in [1.54, 1.807) is 0 Å². The first-order chi connectivity index (χ1) is 7.02. The quantitative estimate of drug-likeness (QED) is 0.498. The van der Waals surface area contributed by atoms with Gasteiger partial charge in [0, 0.05) is 0 Å². The standard InChI is InChI=1S/C10H14O3S2/c1-3-7(11)9(14)5-13-6-10(15)8(12)4-2/h3-4,9-10,14-15H,1-2,5-6H2. The van der Waals surface area contributed by atoms with Crippen molar-refractivity contribution in [1.82, 2.24) is 0 Å². The number of ketones is 2. The van der Waals surface area contributed by atoms with Gasteiger partial charge in [-0.3, -0.25) is 9.59 Å². The molecule has 0 radical (unpaired) electrons. The van der Waals surface area contributed by atoms with Gasteiger partial charge in [0.2, 0.25) is 0 Å². The van der Waals surface area contributed by atoms with E-state index in [-0.39, 0.29) is 24.8 Å². The van der Waals surface area contributed by atoms with Crippen LogP contribution in [0.15, 0.2) is 25.3 Å². The number of carbonyl (C=O) groups excluding carboxylic acids is 2. The zero-order chi connectivity index (χ0) is 11.8. The Kier molecular flexibility index (Phi) is 7.46. The SMILES string of the molecule is C=CC(=O)C(S)COCC(S)C(=O)C=C. The fraction of sp³-hybridized carbons (Fsp3) is 0.400. The van der Waals surface area contributed by atoms with Crippen molar-refractivity contribution in [1.29, 1.82) is 0 Å². The largest absolute Gasteiger partial charge is 0.378 e. The molecule has 84 valence electrons. The smallest absolute Gasteiger partial charge is 0.170 e. The van der Waals surface area contributed by atoms with Crippen LogP contribution in [0, 0.1) is 0 Å². The minimum absolute atomic E-state index is 0.134. The van der Waals surface area contributed by atoms with E-state index in [4.69, 9.17) is 4.74 Å². The van der Waals surface area contributed by atoms with E-state index in [9.17, 15) is 9.59 Å². The highest BCUT2D eigenvalue weighted by molar-refractivity contribution is 7.82. The molecule has 0 rings (SSSR count). The normalized spacial score (nSPS) is 14.0. The molecule has 5 heteroatoms. The lowest BCUT2D eigenvalue weighted by molar-refractivity contribution is -0.115. The summed E-state index contributed by atoms with van der Waals surface area (Å²) in [5, 5.41) is -1.08. The van der Waals surface area contributed by atoms with Gasteiger partial charge in [0.15, 0.2) is 11.6 Å². The van der Waals surface area contributed by atoms with Crippen LogP contribution in [0.2, 0.25) is 0 Å². The third kappa shape index (κ3) is 5.81. The van der Waals surface area contributed by atoms with E-state index in [0.29, 0.717) is 0 Å². The van der Waals surface area contributed by atoms with Gasteiger partial charge in [-0.1, -0.05) is 13.2 Å². The molecule has 0 saturated heterocycles. The number of hydrogen-bond acceptors (Lipinski definition) is 5. The van der Waals surface area contributed by atoms with Crippen molar-refractivity contribution in [3.8, 4) is 0 Å². The van der Waals surface area contributed by atoms with Gasteiger partial charge in [0.05, 0.1) is 23.7 Å². The molecular weight excluding hydrogens is 232 g/mol. The fourth-order valence-electron chi connectivity index (χ4n) is 0.728. The van der Waals surface area contributed by atoms with E-state index in [0.717, 1.165) is 0 Å². The van der Waals surface area contributed by atoms with Crippen LogP contribution in [0.1, 0.15) is 0 Å². The Hall–Kier alpha value is -0.520. The molecule has 0 saturated carbocycles. The van der Waals surface area contributed by atoms with Crippen LogP contribution >= 0.6 is 25.3 Å². The minimum Gasteiger partial charge on any atom is -0.378 e. The molecule has 0 spiro atoms. The molecule has 15 heavy (non-hydrogen) atoms. The van der Waals surface area contributed by atoms with Gasteiger partial charge in [-0.05, 0) is 12.2 Å². The zero-order valence-electron chi connectivity index (χ0n) is 8.26. The molecule has 0 heterocycles. The van der Waals surface area contributed by atoms with Crippen molar-refractivity contribution in [3.05, 3.63) is 25.3 Å². The lowest BCUT2D eigenvalue weighted by Gasteiger charge is -2.10. The summed E-state index contributed by atoms with van der Waals surface area (Å²) in [6.45, 7) is 6.93. The van der Waals surface area contributed by atoms with Crippen LogP contribution in [0.3, 0.4) is 0 Å². The highest BCUT2D eigenvalue weighted by atomic mass is 32.1. The van der Waals surface area contributed by atoms with Crippen molar-refractivity contribution in [2.24, 2.45) is 0 Å². The predicted octanol–water partition coefficient (Wildman–Crippen LogP) is 1.11. The summed E-state index contributed by atoms with van der Waals surface area (Å²) >= 11 is 8.01. The summed E-state index contributed by atoms with van der Waals surface area (Å²) in [4.78, 5) is 22.0. The van der Waals surface area contributed by atoms with Crippen molar-refractivity contribution < 1.29 is 14.3 Å². The Morgan fingerprint density at radius 1 is 1.07 bits per heavy atom. The molecule has 3 nitrogen and oxygen atoms in total. The highest BCUT2D eigenvalue weighted by Gasteiger charge is 2.14. The Balaban J connectivity index is 3.79. The second-order valence-electron chi connectivity index (χ2n) is 2.78. The van der Waals surface area contributed by atoms with Crippen LogP contribution < -0.4 is 0 Å². The van der Waals surface area contributed by atoms with Gasteiger partial charge in [0.1, 0.15) is 0 Å². The minimum atomic E-state index is -0.540. The van der Waals surface area contributed by atoms with Gasteiger partial charge in [-0.2, -0.15) is 25.3 Å². The topological polar surface area (TPSA) is 43.4 Å². The first-order valence-electron chi connectivity index (χ1n) is 4.29. The highest BCUT2D eigenvalue weighted by Crippen LogP contribution is 2.03. The lowest BCUT2D eigenvalue weighted by atomic mass is 10.3. The van der Waals surface area contributed by atoms with E-state index in [2.05, 4.69) is 38.4 Å². The van der Waals surface area contributed by atoms with Crippen molar-refractivity contribution in [2.75, 3.05) is 13.2 Å². The Morgan fingerprint density at radius 3 is 1.67 bits per heavy atom. The number of carbonyl (C=O) groups is 2. The molecule has 2 atom stereocenters. The zero-order valence-corrected chi connectivity index (χ0v) is 10.0. The summed E-state index contributed by atoms with van der Waals surface area (Å²) in [5.41, 5.74) is 0. The number of hydrogen-bond donors (Lipinski definition) is 2. The Bertz CT molecular complexity index is 237. The van der Waals surface area contributed by atoms with Crippen molar-refractivity contribution >= 4 is 36.8 Å². The van der Waals surface area contributed by atoms with Crippen LogP contribution in [-0.4, -0.2) is 35.3 Å². The Labute approximate surface area is 100 Å². The maximum absolute atomic E-state index is 11.0. The molecule has 0 fully saturated rings. The second kappa shape index (κ2) is 7.73. The summed E-state index contributed by atoms with van der Waals surface area (Å²) in [7, 11) is 0. The molecule has 0 aromatic rings. The number of ether oxygens (including phenoxy) is 1. The molecule has 0 aliphatic carbocycles. The molecular formula is C10H14O3S2. The van der Waals surface area contributed by atoms with Gasteiger partial charge in [0.25, 0.3) is 0 Å². The van der Waals surface area contributed by atoms with E-state index < -0.39 is 10.5 Å². The van der Waals surface area contributed by atoms with Crippen molar-refractivity contribution in [3.63, 3.8) is 0 Å². The third-order valence-corrected chi connectivity index (χ3v) is 2.42. The van der Waals surface area contributed by atoms with Gasteiger partial charge in [-0.15, -0.1) is 0 Å². The molecule has 0 aromatic carbocycles. The summed E-state index contributed by atoms with van der Waals surface area (Å²) < 4.78 is 5.11. The molecule has 0 N–H and O–H groups in total. The summed E-state index contributed by atoms with van der Waals surface area (Å²) in [6.07, 6.45) is 2.38. The first kappa shape index (κ1) is 14.5. The number of allylic oxidation sites excluding steroid dienone is 2. The molecule has 2 unspecified atom stereocenters. The predicted molar refractivity (Wildman–Crippen MR) is 66.8 cm³/mol. The summed E-state index contributed by atoms with van der Waals surface area (Å²) in [5.74, 6) is -0.409. The average molecular weight is 246 g/mol. The maximum Gasteiger partial charge on any atom is 0.170 e. The third-order valence-electron chi connectivity index (χ3n) is 1.61. The van der Waals surface area contributed by atoms with Crippen LogP contribution in [0.4, 0.5) is 0 Å². The van der Waals surface area contributed by atoms with Crippen LogP contribution in [0.25, 0.3) is 0 Å².